The van der Waals surface area contributed by atoms with Crippen LogP contribution in [0.5, 0.6) is 5.75 Å². The minimum absolute atomic E-state index is 0.0655. The van der Waals surface area contributed by atoms with E-state index >= 15 is 0 Å². The van der Waals surface area contributed by atoms with Crippen LogP contribution in [0.3, 0.4) is 0 Å². The Bertz CT molecular complexity index is 894. The molecular formula is C18H17N3O5. The molecule has 0 radical (unpaired) electrons. The normalized spacial score (nSPS) is 19.2. The fourth-order valence-electron chi connectivity index (χ4n) is 2.88. The Morgan fingerprint density at radius 1 is 1.31 bits per heavy atom. The molecule has 1 aliphatic heterocycles. The molecule has 0 fully saturated rings. The van der Waals surface area contributed by atoms with Crippen LogP contribution >= 0.6 is 0 Å². The van der Waals surface area contributed by atoms with Crippen LogP contribution in [-0.4, -0.2) is 33.8 Å². The first kappa shape index (κ1) is 17.6. The van der Waals surface area contributed by atoms with Gasteiger partial charge in [-0.15, -0.1) is 0 Å². The number of nitro groups is 1. The molecule has 1 heterocycles. The van der Waals surface area contributed by atoms with Crippen LogP contribution in [0.15, 0.2) is 53.6 Å². The van der Waals surface area contributed by atoms with Gasteiger partial charge in [0.05, 0.1) is 12.0 Å². The second-order valence-corrected chi connectivity index (χ2v) is 5.98. The van der Waals surface area contributed by atoms with E-state index in [1.807, 2.05) is 0 Å². The van der Waals surface area contributed by atoms with Crippen LogP contribution in [-0.2, 0) is 5.72 Å². The van der Waals surface area contributed by atoms with Gasteiger partial charge in [0, 0.05) is 35.4 Å². The molecule has 134 valence electrons. The Morgan fingerprint density at radius 2 is 2.00 bits per heavy atom. The van der Waals surface area contributed by atoms with Crippen molar-refractivity contribution in [1.82, 2.24) is 5.01 Å². The summed E-state index contributed by atoms with van der Waals surface area (Å²) in [6, 6.07) is 12.0. The number of ether oxygens (including phenoxy) is 1. The van der Waals surface area contributed by atoms with Crippen molar-refractivity contribution in [2.75, 3.05) is 7.11 Å². The largest absolute Gasteiger partial charge is 0.497 e. The molecule has 3 rings (SSSR count). The van der Waals surface area contributed by atoms with E-state index in [0.717, 1.165) is 5.01 Å². The number of nitrogens with zero attached hydrogens (tertiary/aromatic N) is 3. The average Bonchev–Trinajstić information content (AvgIpc) is 2.97. The second-order valence-electron chi connectivity index (χ2n) is 5.98. The van der Waals surface area contributed by atoms with Crippen LogP contribution in [0.2, 0.25) is 0 Å². The Hall–Kier alpha value is -3.26. The molecule has 1 amide bonds. The molecule has 0 saturated heterocycles. The minimum Gasteiger partial charge on any atom is -0.497 e. The second kappa shape index (κ2) is 6.57. The lowest BCUT2D eigenvalue weighted by atomic mass is 9.96. The van der Waals surface area contributed by atoms with E-state index in [2.05, 4.69) is 5.10 Å². The molecule has 8 heteroatoms. The number of hydrazone groups is 1. The third kappa shape index (κ3) is 3.02. The van der Waals surface area contributed by atoms with E-state index in [-0.39, 0.29) is 17.7 Å². The lowest BCUT2D eigenvalue weighted by molar-refractivity contribution is -0.385. The molecule has 0 bridgehead atoms. The third-order valence-corrected chi connectivity index (χ3v) is 4.17. The highest BCUT2D eigenvalue weighted by molar-refractivity contribution is 5.98. The molecule has 1 N–H and O–H groups in total. The van der Waals surface area contributed by atoms with Gasteiger partial charge in [0.25, 0.3) is 11.6 Å². The van der Waals surface area contributed by atoms with E-state index in [0.29, 0.717) is 17.0 Å². The maximum Gasteiger partial charge on any atom is 0.276 e. The summed E-state index contributed by atoms with van der Waals surface area (Å²) in [7, 11) is 1.52. The SMILES string of the molecule is COc1ccc(C(=O)N2N=C(C)C[C@]2(O)c2cccc([N+](=O)[O-])c2)cc1. The lowest BCUT2D eigenvalue weighted by Crippen LogP contribution is -2.43. The summed E-state index contributed by atoms with van der Waals surface area (Å²) in [5.74, 6) is 0.0788. The quantitative estimate of drug-likeness (QED) is 0.670. The first-order valence-corrected chi connectivity index (χ1v) is 7.85. The molecule has 0 saturated carbocycles. The predicted octanol–water partition coefficient (Wildman–Crippen LogP) is 2.67. The van der Waals surface area contributed by atoms with E-state index in [1.54, 1.807) is 31.2 Å². The van der Waals surface area contributed by atoms with Gasteiger partial charge in [-0.25, -0.2) is 0 Å². The predicted molar refractivity (Wildman–Crippen MR) is 93.9 cm³/mol. The van der Waals surface area contributed by atoms with Crippen LogP contribution in [0.1, 0.15) is 29.3 Å². The van der Waals surface area contributed by atoms with E-state index in [9.17, 15) is 20.0 Å². The summed E-state index contributed by atoms with van der Waals surface area (Å²) >= 11 is 0. The number of nitro benzene ring substituents is 1. The Morgan fingerprint density at radius 3 is 2.62 bits per heavy atom. The minimum atomic E-state index is -1.78. The van der Waals surface area contributed by atoms with Gasteiger partial charge in [0.1, 0.15) is 5.75 Å². The van der Waals surface area contributed by atoms with E-state index in [4.69, 9.17) is 4.74 Å². The zero-order chi connectivity index (χ0) is 18.9. The molecular weight excluding hydrogens is 338 g/mol. The Balaban J connectivity index is 1.99. The smallest absolute Gasteiger partial charge is 0.276 e. The van der Waals surface area contributed by atoms with Gasteiger partial charge in [-0.1, -0.05) is 12.1 Å². The average molecular weight is 355 g/mol. The highest BCUT2D eigenvalue weighted by Crippen LogP contribution is 2.37. The molecule has 26 heavy (non-hydrogen) atoms. The Kier molecular flexibility index (Phi) is 4.43. The molecule has 1 atom stereocenters. The number of carbonyl (C=O) groups excluding carboxylic acids is 1. The molecule has 0 aromatic heterocycles. The number of methoxy groups -OCH3 is 1. The molecule has 0 unspecified atom stereocenters. The highest BCUT2D eigenvalue weighted by atomic mass is 16.6. The number of hydrogen-bond acceptors (Lipinski definition) is 6. The van der Waals surface area contributed by atoms with Crippen molar-refractivity contribution in [2.24, 2.45) is 5.10 Å². The van der Waals surface area contributed by atoms with Gasteiger partial charge in [0.2, 0.25) is 0 Å². The van der Waals surface area contributed by atoms with Crippen molar-refractivity contribution in [2.45, 2.75) is 19.1 Å². The molecule has 1 aliphatic rings. The lowest BCUT2D eigenvalue weighted by Gasteiger charge is -2.31. The van der Waals surface area contributed by atoms with Gasteiger partial charge in [-0.2, -0.15) is 10.1 Å². The standard InChI is InChI=1S/C18H17N3O5/c1-12-11-18(23,14-4-3-5-15(10-14)21(24)25)20(19-12)17(22)13-6-8-16(26-2)9-7-13/h3-10,23H,11H2,1-2H3/t18-/m0/s1. The van der Waals surface area contributed by atoms with Crippen LogP contribution in [0, 0.1) is 10.1 Å². The number of carbonyl (C=O) groups is 1. The number of rotatable bonds is 4. The van der Waals surface area contributed by atoms with Gasteiger partial charge in [0.15, 0.2) is 5.72 Å². The van der Waals surface area contributed by atoms with Crippen molar-refractivity contribution >= 4 is 17.3 Å². The Labute approximate surface area is 149 Å². The van der Waals surface area contributed by atoms with Crippen molar-refractivity contribution in [3.8, 4) is 5.75 Å². The molecule has 2 aromatic rings. The maximum absolute atomic E-state index is 12.9. The first-order chi connectivity index (χ1) is 12.3. The summed E-state index contributed by atoms with van der Waals surface area (Å²) in [5.41, 5.74) is -0.868. The van der Waals surface area contributed by atoms with E-state index in [1.165, 1.54) is 31.4 Å². The van der Waals surface area contributed by atoms with Crippen molar-refractivity contribution < 1.29 is 19.6 Å². The summed E-state index contributed by atoms with van der Waals surface area (Å²) in [6.45, 7) is 1.68. The third-order valence-electron chi connectivity index (χ3n) is 4.17. The van der Waals surface area contributed by atoms with Crippen molar-refractivity contribution in [3.05, 3.63) is 69.8 Å². The summed E-state index contributed by atoms with van der Waals surface area (Å²) in [6.07, 6.45) is 0.0655. The van der Waals surface area contributed by atoms with Gasteiger partial charge >= 0.3 is 0 Å². The summed E-state index contributed by atoms with van der Waals surface area (Å²) < 4.78 is 5.07. The van der Waals surface area contributed by atoms with Crippen LogP contribution < -0.4 is 4.74 Å². The van der Waals surface area contributed by atoms with Crippen LogP contribution in [0.4, 0.5) is 5.69 Å². The molecule has 0 spiro atoms. The van der Waals surface area contributed by atoms with Gasteiger partial charge in [-0.05, 0) is 31.2 Å². The van der Waals surface area contributed by atoms with Gasteiger partial charge < -0.3 is 9.84 Å². The topological polar surface area (TPSA) is 105 Å². The summed E-state index contributed by atoms with van der Waals surface area (Å²) in [4.78, 5) is 23.4. The number of hydrogen-bond donors (Lipinski definition) is 1. The zero-order valence-corrected chi connectivity index (χ0v) is 14.2. The van der Waals surface area contributed by atoms with E-state index < -0.39 is 16.6 Å². The highest BCUT2D eigenvalue weighted by Gasteiger charge is 2.45. The van der Waals surface area contributed by atoms with Gasteiger partial charge in [-0.3, -0.25) is 14.9 Å². The maximum atomic E-state index is 12.9. The first-order valence-electron chi connectivity index (χ1n) is 7.85. The number of benzene rings is 2. The van der Waals surface area contributed by atoms with Crippen molar-refractivity contribution in [3.63, 3.8) is 0 Å². The number of amides is 1. The van der Waals surface area contributed by atoms with Crippen molar-refractivity contribution in [1.29, 1.82) is 0 Å². The molecule has 0 aliphatic carbocycles. The fourth-order valence-corrected chi connectivity index (χ4v) is 2.88. The van der Waals surface area contributed by atoms with Crippen LogP contribution in [0.25, 0.3) is 0 Å². The number of aliphatic hydroxyl groups is 1. The molecule has 8 nitrogen and oxygen atoms in total. The monoisotopic (exact) mass is 355 g/mol. The fraction of sp³-hybridized carbons (Fsp3) is 0.222. The number of non-ortho nitro benzene ring substituents is 1. The summed E-state index contributed by atoms with van der Waals surface area (Å²) in [5, 5.41) is 27.3. The zero-order valence-electron chi connectivity index (χ0n) is 14.2. The molecule has 2 aromatic carbocycles.